The molecule has 31 heavy (non-hydrogen) atoms. The van der Waals surface area contributed by atoms with Gasteiger partial charge in [-0.2, -0.15) is 10.2 Å². The van der Waals surface area contributed by atoms with Gasteiger partial charge in [-0.15, -0.1) is 0 Å². The highest BCUT2D eigenvalue weighted by molar-refractivity contribution is 5.87. The van der Waals surface area contributed by atoms with Crippen LogP contribution in [-0.2, 0) is 11.3 Å². The van der Waals surface area contributed by atoms with E-state index in [1.807, 2.05) is 49.7 Å². The molecule has 7 heteroatoms. The van der Waals surface area contributed by atoms with Crippen molar-refractivity contribution in [3.05, 3.63) is 47.0 Å². The Morgan fingerprint density at radius 3 is 2.74 bits per heavy atom. The normalized spacial score (nSPS) is 23.1. The Kier molecular flexibility index (Phi) is 5.23. The number of carbonyl (C=O) groups is 1. The molecule has 3 aromatic rings. The van der Waals surface area contributed by atoms with Crippen LogP contribution in [-0.4, -0.2) is 31.9 Å². The molecule has 2 N–H and O–H groups in total. The number of H-pyrrole nitrogens is 1. The van der Waals surface area contributed by atoms with E-state index >= 15 is 0 Å². The molecule has 1 saturated carbocycles. The van der Waals surface area contributed by atoms with Gasteiger partial charge in [0.25, 0.3) is 0 Å². The number of hydrogen-bond donors (Lipinski definition) is 2. The first-order valence-electron chi connectivity index (χ1n) is 11.0. The molecule has 0 saturated heterocycles. The lowest BCUT2D eigenvalue weighted by Crippen LogP contribution is -2.45. The predicted octanol–water partition coefficient (Wildman–Crippen LogP) is 4.46. The molecule has 1 aliphatic carbocycles. The highest BCUT2D eigenvalue weighted by Crippen LogP contribution is 2.59. The summed E-state index contributed by atoms with van der Waals surface area (Å²) in [6.07, 6.45) is 3.40. The average Bonchev–Trinajstić information content (AvgIpc) is 3.35. The van der Waals surface area contributed by atoms with Gasteiger partial charge in [0.2, 0.25) is 5.91 Å². The summed E-state index contributed by atoms with van der Waals surface area (Å²) in [6, 6.07) is 8.06. The molecule has 0 unspecified atom stereocenters. The first-order valence-corrected chi connectivity index (χ1v) is 11.0. The van der Waals surface area contributed by atoms with Gasteiger partial charge in [-0.1, -0.05) is 32.9 Å². The number of carbonyl (C=O) groups excluding carboxylic acids is 1. The minimum Gasteiger partial charge on any atom is -0.342 e. The largest absolute Gasteiger partial charge is 0.342 e. The average molecular weight is 421 g/mol. The van der Waals surface area contributed by atoms with Crippen molar-refractivity contribution in [2.45, 2.75) is 66.8 Å². The molecule has 1 amide bonds. The number of aromatic amines is 1. The molecule has 2 atom stereocenters. The highest BCUT2D eigenvalue weighted by Gasteiger charge is 2.57. The molecule has 1 fully saturated rings. The van der Waals surface area contributed by atoms with Crippen molar-refractivity contribution in [2.24, 2.45) is 15.9 Å². The Bertz CT molecular complexity index is 1120. The second-order valence-electron chi connectivity index (χ2n) is 9.38. The van der Waals surface area contributed by atoms with Gasteiger partial charge in [0.05, 0.1) is 28.4 Å². The number of hydrazone groups is 1. The van der Waals surface area contributed by atoms with Gasteiger partial charge in [-0.05, 0) is 51.2 Å². The fourth-order valence-electron chi connectivity index (χ4n) is 5.01. The van der Waals surface area contributed by atoms with Crippen LogP contribution in [0.1, 0.15) is 69.2 Å². The number of hydrogen-bond acceptors (Lipinski definition) is 4. The third-order valence-corrected chi connectivity index (χ3v) is 7.56. The summed E-state index contributed by atoms with van der Waals surface area (Å²) in [6.45, 7) is 13.2. The summed E-state index contributed by atoms with van der Waals surface area (Å²) in [5, 5.41) is 8.80. The van der Waals surface area contributed by atoms with Crippen LogP contribution >= 0.6 is 0 Å². The quantitative estimate of drug-likeness (QED) is 0.472. The van der Waals surface area contributed by atoms with Gasteiger partial charge in [0.15, 0.2) is 0 Å². The van der Waals surface area contributed by atoms with E-state index in [-0.39, 0.29) is 17.2 Å². The molecular weight excluding hydrogens is 388 g/mol. The Morgan fingerprint density at radius 1 is 1.32 bits per heavy atom. The van der Waals surface area contributed by atoms with Gasteiger partial charge in [-0.25, -0.2) is 10.4 Å². The van der Waals surface area contributed by atoms with Crippen molar-refractivity contribution in [2.75, 3.05) is 0 Å². The third kappa shape index (κ3) is 3.36. The van der Waals surface area contributed by atoms with Crippen molar-refractivity contribution in [1.82, 2.24) is 25.2 Å². The summed E-state index contributed by atoms with van der Waals surface area (Å²) >= 11 is 0. The number of fused-ring (bicyclic) bond motifs is 1. The zero-order valence-electron chi connectivity index (χ0n) is 19.3. The second kappa shape index (κ2) is 7.62. The van der Waals surface area contributed by atoms with E-state index in [9.17, 15) is 4.79 Å². The number of para-hydroxylation sites is 2. The van der Waals surface area contributed by atoms with Crippen molar-refractivity contribution < 1.29 is 4.79 Å². The Balaban J connectivity index is 1.53. The van der Waals surface area contributed by atoms with Gasteiger partial charge < -0.3 is 4.98 Å². The van der Waals surface area contributed by atoms with Crippen LogP contribution in [0, 0.1) is 24.7 Å². The molecule has 1 aliphatic rings. The number of aryl methyl sites for hydroxylation is 2. The molecule has 0 bridgehead atoms. The van der Waals surface area contributed by atoms with Gasteiger partial charge in [-0.3, -0.25) is 9.48 Å². The number of nitrogens with one attached hydrogen (secondary N) is 2. The van der Waals surface area contributed by atoms with E-state index in [0.29, 0.717) is 0 Å². The first kappa shape index (κ1) is 21.3. The van der Waals surface area contributed by atoms with Crippen molar-refractivity contribution in [3.63, 3.8) is 0 Å². The number of nitrogens with zero attached hydrogens (tertiary/aromatic N) is 4. The number of aromatic nitrogens is 4. The van der Waals surface area contributed by atoms with Crippen LogP contribution in [0.2, 0.25) is 0 Å². The molecule has 4 rings (SSSR count). The van der Waals surface area contributed by atoms with Crippen molar-refractivity contribution in [1.29, 1.82) is 0 Å². The SMILES string of the molecule is CCn1nc(C)c(/C=N\NC(=O)[C@]2(C)CC[C@H](c3nc4ccccc4[nH]3)C2(C)C)c1C. The fraction of sp³-hybridized carbons (Fsp3) is 0.500. The highest BCUT2D eigenvalue weighted by atomic mass is 16.2. The monoisotopic (exact) mass is 420 g/mol. The Morgan fingerprint density at radius 2 is 2.06 bits per heavy atom. The smallest absolute Gasteiger partial charge is 0.246 e. The van der Waals surface area contributed by atoms with Crippen LogP contribution in [0.3, 0.4) is 0 Å². The van der Waals surface area contributed by atoms with Crippen LogP contribution in [0.4, 0.5) is 0 Å². The van der Waals surface area contributed by atoms with E-state index in [4.69, 9.17) is 4.98 Å². The van der Waals surface area contributed by atoms with Crippen LogP contribution in [0.5, 0.6) is 0 Å². The van der Waals surface area contributed by atoms with Crippen LogP contribution < -0.4 is 5.43 Å². The molecule has 0 aliphatic heterocycles. The minimum absolute atomic E-state index is 0.0504. The zero-order chi connectivity index (χ0) is 22.4. The van der Waals surface area contributed by atoms with Crippen molar-refractivity contribution in [3.8, 4) is 0 Å². The van der Waals surface area contributed by atoms with Gasteiger partial charge in [0, 0.05) is 23.7 Å². The van der Waals surface area contributed by atoms with Crippen LogP contribution in [0.25, 0.3) is 11.0 Å². The summed E-state index contributed by atoms with van der Waals surface area (Å²) < 4.78 is 1.94. The lowest BCUT2D eigenvalue weighted by atomic mass is 9.65. The molecule has 0 spiro atoms. The van der Waals surface area contributed by atoms with Gasteiger partial charge >= 0.3 is 0 Å². The fourth-order valence-corrected chi connectivity index (χ4v) is 5.01. The van der Waals surface area contributed by atoms with Crippen LogP contribution in [0.15, 0.2) is 29.4 Å². The summed E-state index contributed by atoms with van der Waals surface area (Å²) in [7, 11) is 0. The maximum absolute atomic E-state index is 13.3. The lowest BCUT2D eigenvalue weighted by Gasteiger charge is -2.39. The number of benzene rings is 1. The topological polar surface area (TPSA) is 88.0 Å². The maximum Gasteiger partial charge on any atom is 0.246 e. The standard InChI is InChI=1S/C24H32N6O/c1-7-30-16(3)17(15(2)29-30)14-25-28-22(31)24(6)13-12-18(23(24,4)5)21-26-19-10-8-9-11-20(19)27-21/h8-11,14,18H,7,12-13H2,1-6H3,(H,26,27)(H,28,31)/b25-14-/t18-,24+/m1/s1. The summed E-state index contributed by atoms with van der Waals surface area (Å²) in [4.78, 5) is 21.6. The second-order valence-corrected chi connectivity index (χ2v) is 9.38. The molecule has 164 valence electrons. The molecule has 0 radical (unpaired) electrons. The third-order valence-electron chi connectivity index (χ3n) is 7.56. The maximum atomic E-state index is 13.3. The minimum atomic E-state index is -0.550. The first-order chi connectivity index (χ1) is 14.7. The lowest BCUT2D eigenvalue weighted by molar-refractivity contribution is -0.135. The molecule has 2 heterocycles. The van der Waals surface area contributed by atoms with E-state index in [1.54, 1.807) is 6.21 Å². The molecule has 1 aromatic carbocycles. The van der Waals surface area contributed by atoms with E-state index < -0.39 is 5.41 Å². The van der Waals surface area contributed by atoms with E-state index in [0.717, 1.165) is 53.2 Å². The molecular formula is C24H32N6O. The predicted molar refractivity (Wildman–Crippen MR) is 123 cm³/mol. The van der Waals surface area contributed by atoms with E-state index in [1.165, 1.54) is 0 Å². The van der Waals surface area contributed by atoms with E-state index in [2.05, 4.69) is 41.4 Å². The Labute approximate surface area is 183 Å². The van der Waals surface area contributed by atoms with Crippen molar-refractivity contribution >= 4 is 23.2 Å². The number of amides is 1. The summed E-state index contributed by atoms with van der Waals surface area (Å²) in [5.74, 6) is 1.09. The number of imidazole rings is 1. The molecule has 2 aromatic heterocycles. The Hall–Kier alpha value is -2.96. The zero-order valence-corrected chi connectivity index (χ0v) is 19.3. The molecule has 7 nitrogen and oxygen atoms in total. The van der Waals surface area contributed by atoms with Gasteiger partial charge in [0.1, 0.15) is 5.82 Å². The summed E-state index contributed by atoms with van der Waals surface area (Å²) in [5.41, 5.74) is 6.91. The number of rotatable bonds is 5.